The third-order valence-electron chi connectivity index (χ3n) is 3.35. The maximum absolute atomic E-state index is 14.0. The van der Waals surface area contributed by atoms with Crippen LogP contribution in [-0.4, -0.2) is 57.3 Å². The molecule has 0 radical (unpaired) electrons. The van der Waals surface area contributed by atoms with Gasteiger partial charge in [0.2, 0.25) is 11.9 Å². The largest absolute Gasteiger partial charge is 0.478 e. The van der Waals surface area contributed by atoms with Gasteiger partial charge in [0.05, 0.1) is 19.4 Å². The Bertz CT molecular complexity index is 777. The first-order valence-corrected chi connectivity index (χ1v) is 7.47. The summed E-state index contributed by atoms with van der Waals surface area (Å²) in [4.78, 5) is 28.4. The van der Waals surface area contributed by atoms with E-state index in [1.54, 1.807) is 4.90 Å². The summed E-state index contributed by atoms with van der Waals surface area (Å²) >= 11 is 0. The van der Waals surface area contributed by atoms with Crippen molar-refractivity contribution in [1.82, 2.24) is 19.9 Å². The molecule has 130 valence electrons. The van der Waals surface area contributed by atoms with Crippen LogP contribution in [0.15, 0.2) is 24.7 Å². The fourth-order valence-corrected chi connectivity index (χ4v) is 2.17. The summed E-state index contributed by atoms with van der Waals surface area (Å²) in [6.45, 7) is 2.13. The Morgan fingerprint density at radius 2 is 1.88 bits per heavy atom. The van der Waals surface area contributed by atoms with Gasteiger partial charge in [0.25, 0.3) is 0 Å². The Labute approximate surface area is 142 Å². The van der Waals surface area contributed by atoms with Crippen LogP contribution < -0.4 is 10.2 Å². The van der Waals surface area contributed by atoms with E-state index >= 15 is 0 Å². The highest BCUT2D eigenvalue weighted by Crippen LogP contribution is 2.19. The summed E-state index contributed by atoms with van der Waals surface area (Å²) in [6, 6.07) is 0. The van der Waals surface area contributed by atoms with E-state index in [0.717, 1.165) is 12.3 Å². The number of hydrogen-bond acceptors (Lipinski definition) is 8. The molecule has 25 heavy (non-hydrogen) atoms. The van der Waals surface area contributed by atoms with Crippen LogP contribution >= 0.6 is 0 Å². The van der Waals surface area contributed by atoms with Gasteiger partial charge < -0.3 is 14.7 Å². The Hall–Kier alpha value is -3.14. The van der Waals surface area contributed by atoms with Crippen molar-refractivity contribution in [3.05, 3.63) is 36.0 Å². The summed E-state index contributed by atoms with van der Waals surface area (Å²) in [5, 5.41) is 11.4. The van der Waals surface area contributed by atoms with Crippen molar-refractivity contribution < 1.29 is 19.0 Å². The van der Waals surface area contributed by atoms with E-state index in [-0.39, 0.29) is 17.7 Å². The maximum atomic E-state index is 14.0. The smallest absolute Gasteiger partial charge is 0.328 e. The lowest BCUT2D eigenvalue weighted by Gasteiger charge is -2.28. The molecular formula is C15H15FN6O3. The molecule has 1 saturated heterocycles. The zero-order valence-electron chi connectivity index (χ0n) is 13.1. The lowest BCUT2D eigenvalue weighted by atomic mass is 10.3. The van der Waals surface area contributed by atoms with Gasteiger partial charge in [-0.05, 0) is 6.08 Å². The minimum atomic E-state index is -1.06. The van der Waals surface area contributed by atoms with E-state index in [2.05, 4.69) is 25.3 Å². The van der Waals surface area contributed by atoms with Gasteiger partial charge in [-0.1, -0.05) is 0 Å². The third-order valence-corrected chi connectivity index (χ3v) is 3.35. The number of nitrogens with zero attached hydrogens (tertiary/aromatic N) is 5. The van der Waals surface area contributed by atoms with Gasteiger partial charge >= 0.3 is 5.97 Å². The lowest BCUT2D eigenvalue weighted by molar-refractivity contribution is -0.131. The van der Waals surface area contributed by atoms with Crippen molar-refractivity contribution in [2.24, 2.45) is 0 Å². The number of carboxylic acid groups (broad SMARTS) is 1. The second kappa shape index (κ2) is 7.62. The summed E-state index contributed by atoms with van der Waals surface area (Å²) in [7, 11) is 0. The van der Waals surface area contributed by atoms with Crippen molar-refractivity contribution in [3.8, 4) is 0 Å². The second-order valence-electron chi connectivity index (χ2n) is 5.10. The summed E-state index contributed by atoms with van der Waals surface area (Å²) in [5.41, 5.74) is 0.530. The number of morpholine rings is 1. The van der Waals surface area contributed by atoms with Crippen molar-refractivity contribution in [2.75, 3.05) is 36.5 Å². The number of carboxylic acids is 1. The number of halogens is 1. The van der Waals surface area contributed by atoms with Crippen LogP contribution in [0.5, 0.6) is 0 Å². The zero-order chi connectivity index (χ0) is 17.6. The van der Waals surface area contributed by atoms with E-state index in [9.17, 15) is 9.18 Å². The Morgan fingerprint density at radius 1 is 1.20 bits per heavy atom. The fraction of sp³-hybridized carbons (Fsp3) is 0.267. The Kier molecular flexibility index (Phi) is 5.09. The van der Waals surface area contributed by atoms with Crippen LogP contribution in [0.1, 0.15) is 5.56 Å². The predicted molar refractivity (Wildman–Crippen MR) is 87.0 cm³/mol. The molecule has 0 saturated carbocycles. The summed E-state index contributed by atoms with van der Waals surface area (Å²) in [5.74, 6) is -0.995. The number of anilines is 3. The van der Waals surface area contributed by atoms with E-state index in [4.69, 9.17) is 9.84 Å². The SMILES string of the molecule is O=C(O)C=Cc1cnc(Nc2ncc(F)c(N3CCOCC3)n2)nc1. The summed E-state index contributed by atoms with van der Waals surface area (Å²) in [6.07, 6.45) is 6.34. The second-order valence-corrected chi connectivity index (χ2v) is 5.10. The average molecular weight is 346 g/mol. The molecule has 3 heterocycles. The standard InChI is InChI=1S/C15H15FN6O3/c16-11-9-19-15(20-13(11)22-3-5-25-6-4-22)21-14-17-7-10(8-18-14)1-2-12(23)24/h1-2,7-9H,3-6H2,(H,23,24)(H,17,18,19,20,21). The fourth-order valence-electron chi connectivity index (χ4n) is 2.17. The molecule has 0 aliphatic carbocycles. The molecule has 10 heteroatoms. The van der Waals surface area contributed by atoms with Gasteiger partial charge in [0.15, 0.2) is 11.6 Å². The monoisotopic (exact) mass is 346 g/mol. The topological polar surface area (TPSA) is 113 Å². The van der Waals surface area contributed by atoms with Crippen LogP contribution in [0.3, 0.4) is 0 Å². The molecule has 2 N–H and O–H groups in total. The molecule has 0 atom stereocenters. The zero-order valence-corrected chi connectivity index (χ0v) is 13.1. The average Bonchev–Trinajstić information content (AvgIpc) is 2.63. The molecule has 0 bridgehead atoms. The van der Waals surface area contributed by atoms with Crippen LogP contribution in [0.2, 0.25) is 0 Å². The molecule has 2 aromatic rings. The number of nitrogens with one attached hydrogen (secondary N) is 1. The molecule has 1 aliphatic heterocycles. The highest BCUT2D eigenvalue weighted by Gasteiger charge is 2.18. The van der Waals surface area contributed by atoms with Crippen LogP contribution in [0.25, 0.3) is 6.08 Å². The van der Waals surface area contributed by atoms with Crippen LogP contribution in [0, 0.1) is 5.82 Å². The number of carbonyl (C=O) groups is 1. The first-order chi connectivity index (χ1) is 12.1. The Balaban J connectivity index is 1.73. The van der Waals surface area contributed by atoms with Gasteiger partial charge in [-0.2, -0.15) is 4.98 Å². The van der Waals surface area contributed by atoms with Crippen molar-refractivity contribution in [3.63, 3.8) is 0 Å². The van der Waals surface area contributed by atoms with Gasteiger partial charge in [-0.15, -0.1) is 0 Å². The highest BCUT2D eigenvalue weighted by molar-refractivity contribution is 5.85. The number of aliphatic carboxylic acids is 1. The number of rotatable bonds is 5. The summed E-state index contributed by atoms with van der Waals surface area (Å²) < 4.78 is 19.2. The van der Waals surface area contributed by atoms with Gasteiger partial charge in [-0.3, -0.25) is 5.32 Å². The van der Waals surface area contributed by atoms with E-state index in [0.29, 0.717) is 31.9 Å². The third kappa shape index (κ3) is 4.44. The van der Waals surface area contributed by atoms with E-state index < -0.39 is 11.8 Å². The van der Waals surface area contributed by atoms with Gasteiger partial charge in [0.1, 0.15) is 0 Å². The number of aromatic nitrogens is 4. The first-order valence-electron chi connectivity index (χ1n) is 7.47. The molecule has 0 amide bonds. The lowest BCUT2D eigenvalue weighted by Crippen LogP contribution is -2.37. The molecule has 0 aromatic carbocycles. The molecular weight excluding hydrogens is 331 g/mol. The Morgan fingerprint density at radius 3 is 2.56 bits per heavy atom. The van der Waals surface area contributed by atoms with Crippen molar-refractivity contribution in [1.29, 1.82) is 0 Å². The quantitative estimate of drug-likeness (QED) is 0.768. The van der Waals surface area contributed by atoms with E-state index in [1.807, 2.05) is 0 Å². The number of hydrogen-bond donors (Lipinski definition) is 2. The molecule has 0 unspecified atom stereocenters. The molecule has 1 fully saturated rings. The molecule has 3 rings (SSSR count). The van der Waals surface area contributed by atoms with Crippen LogP contribution in [-0.2, 0) is 9.53 Å². The molecule has 1 aliphatic rings. The normalized spacial score (nSPS) is 14.7. The first kappa shape index (κ1) is 16.7. The molecule has 2 aromatic heterocycles. The molecule has 0 spiro atoms. The molecule has 9 nitrogen and oxygen atoms in total. The van der Waals surface area contributed by atoms with Crippen molar-refractivity contribution in [2.45, 2.75) is 0 Å². The predicted octanol–water partition coefficient (Wildman–Crippen LogP) is 1.08. The van der Waals surface area contributed by atoms with Crippen molar-refractivity contribution >= 4 is 29.8 Å². The minimum absolute atomic E-state index is 0.164. The highest BCUT2D eigenvalue weighted by atomic mass is 19.1. The maximum Gasteiger partial charge on any atom is 0.328 e. The minimum Gasteiger partial charge on any atom is -0.478 e. The van der Waals surface area contributed by atoms with Gasteiger partial charge in [0, 0.05) is 37.1 Å². The van der Waals surface area contributed by atoms with Gasteiger partial charge in [-0.25, -0.2) is 24.1 Å². The van der Waals surface area contributed by atoms with E-state index in [1.165, 1.54) is 18.5 Å². The van der Waals surface area contributed by atoms with Crippen LogP contribution in [0.4, 0.5) is 22.1 Å². The number of ether oxygens (including phenoxy) is 1.